The Morgan fingerprint density at radius 3 is 2.72 bits per heavy atom. The summed E-state index contributed by atoms with van der Waals surface area (Å²) in [5, 5.41) is 4.16. The lowest BCUT2D eigenvalue weighted by Crippen LogP contribution is -2.33. The van der Waals surface area contributed by atoms with Crippen LogP contribution in [0.3, 0.4) is 0 Å². The second-order valence-electron chi connectivity index (χ2n) is 6.08. The SMILES string of the molecule is CC(C)C1CCC(CN)C(Cc2ncnn2C)C1. The van der Waals surface area contributed by atoms with Crippen LogP contribution < -0.4 is 5.73 Å². The van der Waals surface area contributed by atoms with E-state index in [1.807, 2.05) is 11.7 Å². The van der Waals surface area contributed by atoms with Crippen molar-refractivity contribution < 1.29 is 0 Å². The Kier molecular flexibility index (Phi) is 4.38. The van der Waals surface area contributed by atoms with Gasteiger partial charge in [0, 0.05) is 13.5 Å². The lowest BCUT2D eigenvalue weighted by Gasteiger charge is -2.37. The minimum Gasteiger partial charge on any atom is -0.330 e. The molecule has 2 N–H and O–H groups in total. The summed E-state index contributed by atoms with van der Waals surface area (Å²) in [7, 11) is 1.97. The molecule has 0 saturated heterocycles. The van der Waals surface area contributed by atoms with Crippen LogP contribution in [-0.2, 0) is 13.5 Å². The summed E-state index contributed by atoms with van der Waals surface area (Å²) in [6.07, 6.45) is 6.60. The van der Waals surface area contributed by atoms with Crippen molar-refractivity contribution in [3.63, 3.8) is 0 Å². The van der Waals surface area contributed by atoms with Crippen LogP contribution in [0.25, 0.3) is 0 Å². The Balaban J connectivity index is 2.04. The number of nitrogens with zero attached hydrogens (tertiary/aromatic N) is 3. The van der Waals surface area contributed by atoms with Gasteiger partial charge < -0.3 is 5.73 Å². The van der Waals surface area contributed by atoms with Gasteiger partial charge in [-0.15, -0.1) is 0 Å². The summed E-state index contributed by atoms with van der Waals surface area (Å²) >= 11 is 0. The smallest absolute Gasteiger partial charge is 0.138 e. The third-order valence-electron chi connectivity index (χ3n) is 4.68. The van der Waals surface area contributed by atoms with E-state index in [4.69, 9.17) is 5.73 Å². The number of aryl methyl sites for hydroxylation is 1. The molecule has 0 spiro atoms. The summed E-state index contributed by atoms with van der Waals surface area (Å²) in [6, 6.07) is 0. The Labute approximate surface area is 110 Å². The quantitative estimate of drug-likeness (QED) is 0.889. The molecule has 102 valence electrons. The molecule has 1 saturated carbocycles. The molecule has 0 bridgehead atoms. The lowest BCUT2D eigenvalue weighted by atomic mass is 9.69. The fraction of sp³-hybridized carbons (Fsp3) is 0.857. The van der Waals surface area contributed by atoms with Gasteiger partial charge >= 0.3 is 0 Å². The first-order chi connectivity index (χ1) is 8.61. The Morgan fingerprint density at radius 1 is 1.39 bits per heavy atom. The maximum atomic E-state index is 5.94. The van der Waals surface area contributed by atoms with Crippen molar-refractivity contribution in [2.24, 2.45) is 36.5 Å². The van der Waals surface area contributed by atoms with Crippen LogP contribution in [0.5, 0.6) is 0 Å². The molecule has 3 unspecified atom stereocenters. The van der Waals surface area contributed by atoms with Crippen LogP contribution in [0.4, 0.5) is 0 Å². The zero-order chi connectivity index (χ0) is 13.1. The standard InChI is InChI=1S/C14H26N4/c1-10(2)11-4-5-12(8-15)13(6-11)7-14-16-9-17-18(14)3/h9-13H,4-8,15H2,1-3H3. The molecule has 4 nitrogen and oxygen atoms in total. The van der Waals surface area contributed by atoms with E-state index in [9.17, 15) is 0 Å². The van der Waals surface area contributed by atoms with Crippen molar-refractivity contribution in [3.8, 4) is 0 Å². The molecule has 0 amide bonds. The molecule has 2 rings (SSSR count). The van der Waals surface area contributed by atoms with Gasteiger partial charge in [-0.05, 0) is 49.5 Å². The third-order valence-corrected chi connectivity index (χ3v) is 4.68. The maximum Gasteiger partial charge on any atom is 0.138 e. The van der Waals surface area contributed by atoms with Crippen LogP contribution in [0, 0.1) is 23.7 Å². The second-order valence-corrected chi connectivity index (χ2v) is 6.08. The normalized spacial score (nSPS) is 28.8. The van der Waals surface area contributed by atoms with Gasteiger partial charge in [0.1, 0.15) is 12.2 Å². The minimum absolute atomic E-state index is 0.664. The van der Waals surface area contributed by atoms with E-state index >= 15 is 0 Å². The van der Waals surface area contributed by atoms with E-state index in [1.165, 1.54) is 19.3 Å². The molecule has 1 aliphatic carbocycles. The average Bonchev–Trinajstić information content (AvgIpc) is 2.75. The Morgan fingerprint density at radius 2 is 2.17 bits per heavy atom. The highest BCUT2D eigenvalue weighted by atomic mass is 15.3. The summed E-state index contributed by atoms with van der Waals surface area (Å²) < 4.78 is 1.90. The summed E-state index contributed by atoms with van der Waals surface area (Å²) in [4.78, 5) is 4.36. The largest absolute Gasteiger partial charge is 0.330 e. The molecule has 3 atom stereocenters. The van der Waals surface area contributed by atoms with Crippen molar-refractivity contribution in [1.82, 2.24) is 14.8 Å². The van der Waals surface area contributed by atoms with E-state index in [2.05, 4.69) is 23.9 Å². The molecule has 1 fully saturated rings. The molecule has 1 heterocycles. The number of hydrogen-bond acceptors (Lipinski definition) is 3. The first-order valence-electron chi connectivity index (χ1n) is 7.14. The summed E-state index contributed by atoms with van der Waals surface area (Å²) in [5.74, 6) is 4.08. The van der Waals surface area contributed by atoms with Gasteiger partial charge in [0.25, 0.3) is 0 Å². The highest BCUT2D eigenvalue weighted by molar-refractivity contribution is 4.92. The van der Waals surface area contributed by atoms with Gasteiger partial charge in [-0.3, -0.25) is 4.68 Å². The van der Waals surface area contributed by atoms with Gasteiger partial charge in [-0.25, -0.2) is 4.98 Å². The van der Waals surface area contributed by atoms with E-state index in [0.717, 1.165) is 30.6 Å². The van der Waals surface area contributed by atoms with Crippen molar-refractivity contribution in [2.75, 3.05) is 6.54 Å². The highest BCUT2D eigenvalue weighted by Gasteiger charge is 2.31. The summed E-state index contributed by atoms with van der Waals surface area (Å²) in [5.41, 5.74) is 5.94. The van der Waals surface area contributed by atoms with Gasteiger partial charge in [0.05, 0.1) is 0 Å². The monoisotopic (exact) mass is 250 g/mol. The Hall–Kier alpha value is -0.900. The highest BCUT2D eigenvalue weighted by Crippen LogP contribution is 2.38. The third kappa shape index (κ3) is 2.91. The zero-order valence-electron chi connectivity index (χ0n) is 11.8. The Bertz CT molecular complexity index is 372. The number of nitrogens with two attached hydrogens (primary N) is 1. The van der Waals surface area contributed by atoms with Crippen molar-refractivity contribution in [3.05, 3.63) is 12.2 Å². The topological polar surface area (TPSA) is 56.7 Å². The van der Waals surface area contributed by atoms with Gasteiger partial charge in [-0.2, -0.15) is 5.10 Å². The molecule has 0 aliphatic heterocycles. The predicted molar refractivity (Wildman–Crippen MR) is 72.9 cm³/mol. The van der Waals surface area contributed by atoms with Crippen molar-refractivity contribution >= 4 is 0 Å². The first-order valence-corrected chi connectivity index (χ1v) is 7.14. The number of aromatic nitrogens is 3. The predicted octanol–water partition coefficient (Wildman–Crippen LogP) is 2.00. The van der Waals surface area contributed by atoms with Crippen LogP contribution >= 0.6 is 0 Å². The van der Waals surface area contributed by atoms with Gasteiger partial charge in [0.15, 0.2) is 0 Å². The van der Waals surface area contributed by atoms with E-state index < -0.39 is 0 Å². The molecular formula is C14H26N4. The molecule has 18 heavy (non-hydrogen) atoms. The summed E-state index contributed by atoms with van der Waals surface area (Å²) in [6.45, 7) is 5.49. The van der Waals surface area contributed by atoms with E-state index in [-0.39, 0.29) is 0 Å². The average molecular weight is 250 g/mol. The van der Waals surface area contributed by atoms with Gasteiger partial charge in [-0.1, -0.05) is 13.8 Å². The molecule has 1 aliphatic rings. The molecule has 1 aromatic heterocycles. The van der Waals surface area contributed by atoms with E-state index in [1.54, 1.807) is 6.33 Å². The second kappa shape index (κ2) is 5.83. The fourth-order valence-electron chi connectivity index (χ4n) is 3.27. The number of rotatable bonds is 4. The van der Waals surface area contributed by atoms with Crippen molar-refractivity contribution in [2.45, 2.75) is 39.5 Å². The lowest BCUT2D eigenvalue weighted by molar-refractivity contribution is 0.148. The molecular weight excluding hydrogens is 224 g/mol. The first kappa shape index (κ1) is 13.5. The molecule has 0 radical (unpaired) electrons. The molecule has 0 aromatic carbocycles. The van der Waals surface area contributed by atoms with Crippen molar-refractivity contribution in [1.29, 1.82) is 0 Å². The maximum absolute atomic E-state index is 5.94. The van der Waals surface area contributed by atoms with Crippen LogP contribution in [0.2, 0.25) is 0 Å². The van der Waals surface area contributed by atoms with Gasteiger partial charge in [0.2, 0.25) is 0 Å². The number of hydrogen-bond donors (Lipinski definition) is 1. The van der Waals surface area contributed by atoms with Crippen LogP contribution in [-0.4, -0.2) is 21.3 Å². The van der Waals surface area contributed by atoms with Crippen LogP contribution in [0.1, 0.15) is 38.9 Å². The zero-order valence-corrected chi connectivity index (χ0v) is 11.8. The minimum atomic E-state index is 0.664. The van der Waals surface area contributed by atoms with Crippen LogP contribution in [0.15, 0.2) is 6.33 Å². The molecule has 1 aromatic rings. The van der Waals surface area contributed by atoms with E-state index in [0.29, 0.717) is 11.8 Å². The molecule has 4 heteroatoms. The fourth-order valence-corrected chi connectivity index (χ4v) is 3.27.